The lowest BCUT2D eigenvalue weighted by Crippen LogP contribution is -2.05. The molecule has 4 aromatic rings. The van der Waals surface area contributed by atoms with Gasteiger partial charge in [0.25, 0.3) is 6.43 Å². The molecule has 0 aliphatic carbocycles. The number of nitrogens with zero attached hydrogens (tertiary/aromatic N) is 5. The molecule has 0 aliphatic heterocycles. The summed E-state index contributed by atoms with van der Waals surface area (Å²) >= 11 is 0. The Morgan fingerprint density at radius 1 is 1.05 bits per heavy atom. The molecule has 39 heavy (non-hydrogen) atoms. The number of carbonyl (C=O) groups is 1. The van der Waals surface area contributed by atoms with Gasteiger partial charge >= 0.3 is 0 Å². The number of hydrogen-bond acceptors (Lipinski definition) is 4. The lowest BCUT2D eigenvalue weighted by atomic mass is 9.94. The predicted molar refractivity (Wildman–Crippen MR) is 150 cm³/mol. The van der Waals surface area contributed by atoms with Crippen molar-refractivity contribution in [2.45, 2.75) is 92.0 Å². The minimum Gasteiger partial charge on any atom is -0.296 e. The van der Waals surface area contributed by atoms with E-state index in [0.29, 0.717) is 36.3 Å². The molecule has 1 aromatic carbocycles. The van der Waals surface area contributed by atoms with Crippen molar-refractivity contribution >= 4 is 11.4 Å². The number of carbonyl (C=O) groups excluding carboxylic acids is 1. The van der Waals surface area contributed by atoms with E-state index in [0.717, 1.165) is 41.6 Å². The summed E-state index contributed by atoms with van der Waals surface area (Å²) in [6, 6.07) is 6.02. The van der Waals surface area contributed by atoms with Crippen LogP contribution in [0.15, 0.2) is 43.0 Å². The van der Waals surface area contributed by atoms with Crippen molar-refractivity contribution in [3.05, 3.63) is 71.1 Å². The molecule has 4 rings (SSSR count). The number of alkyl halides is 2. The van der Waals surface area contributed by atoms with Crippen LogP contribution in [0.3, 0.4) is 0 Å². The summed E-state index contributed by atoms with van der Waals surface area (Å²) in [5.74, 6) is 0.489. The van der Waals surface area contributed by atoms with Crippen LogP contribution in [0.25, 0.3) is 16.9 Å². The van der Waals surface area contributed by atoms with Gasteiger partial charge < -0.3 is 0 Å². The zero-order valence-electron chi connectivity index (χ0n) is 23.5. The van der Waals surface area contributed by atoms with Crippen LogP contribution in [0.2, 0.25) is 0 Å². The van der Waals surface area contributed by atoms with E-state index in [2.05, 4.69) is 35.0 Å². The Hall–Kier alpha value is -3.42. The number of aromatic nitrogens is 5. The van der Waals surface area contributed by atoms with Gasteiger partial charge in [0.2, 0.25) is 0 Å². The molecular weight excluding hydrogens is 496 g/mol. The molecular formula is C31H39F2N5O. The first-order valence-electron chi connectivity index (χ1n) is 14.1. The standard InChI is InChI=1S/C31H39F2N5O/c1-5-7-8-9-10-11-28(39)24-13-12-22(16-23(24)6-2)17-26-31-35-18-27(38(31)15-14-34-26)25-20-37(19-21(3)4)36-29(25)30(32)33/h12-16,18,20-21,30H,5-11,17,19H2,1-4H3. The van der Waals surface area contributed by atoms with E-state index >= 15 is 0 Å². The van der Waals surface area contributed by atoms with Crippen molar-refractivity contribution in [2.75, 3.05) is 0 Å². The second kappa shape index (κ2) is 13.1. The minimum absolute atomic E-state index is 0.209. The monoisotopic (exact) mass is 535 g/mol. The fraction of sp³-hybridized carbons (Fsp3) is 0.484. The molecule has 0 spiro atoms. The van der Waals surface area contributed by atoms with Gasteiger partial charge in [-0.1, -0.05) is 71.6 Å². The number of ketones is 1. The number of hydrogen-bond donors (Lipinski definition) is 0. The topological polar surface area (TPSA) is 65.1 Å². The Labute approximate surface area is 229 Å². The van der Waals surface area contributed by atoms with Crippen molar-refractivity contribution in [2.24, 2.45) is 5.92 Å². The summed E-state index contributed by atoms with van der Waals surface area (Å²) in [5.41, 5.74) is 4.95. The molecule has 0 saturated carbocycles. The molecule has 3 heterocycles. The molecule has 208 valence electrons. The van der Waals surface area contributed by atoms with Crippen molar-refractivity contribution < 1.29 is 13.6 Å². The second-order valence-electron chi connectivity index (χ2n) is 10.7. The summed E-state index contributed by atoms with van der Waals surface area (Å²) < 4.78 is 31.1. The number of rotatable bonds is 14. The second-order valence-corrected chi connectivity index (χ2v) is 10.7. The first kappa shape index (κ1) is 28.6. The first-order chi connectivity index (χ1) is 18.8. The van der Waals surface area contributed by atoms with Gasteiger partial charge in [0.15, 0.2) is 11.4 Å². The van der Waals surface area contributed by atoms with Gasteiger partial charge in [-0.05, 0) is 29.9 Å². The Morgan fingerprint density at radius 3 is 2.56 bits per heavy atom. The predicted octanol–water partition coefficient (Wildman–Crippen LogP) is 7.88. The number of imidazole rings is 1. The Balaban J connectivity index is 1.58. The van der Waals surface area contributed by atoms with Gasteiger partial charge in [-0.25, -0.2) is 13.8 Å². The molecule has 6 nitrogen and oxygen atoms in total. The number of Topliss-reactive ketones (excluding diaryl/α,β-unsaturated/α-hetero) is 1. The Morgan fingerprint density at radius 2 is 1.85 bits per heavy atom. The van der Waals surface area contributed by atoms with E-state index in [1.807, 2.05) is 30.4 Å². The fourth-order valence-corrected chi connectivity index (χ4v) is 5.10. The third-order valence-electron chi connectivity index (χ3n) is 7.06. The molecule has 0 fully saturated rings. The molecule has 0 bridgehead atoms. The highest BCUT2D eigenvalue weighted by Crippen LogP contribution is 2.31. The molecule has 0 atom stereocenters. The average molecular weight is 536 g/mol. The van der Waals surface area contributed by atoms with Crippen LogP contribution in [0.1, 0.15) is 106 Å². The maximum Gasteiger partial charge on any atom is 0.282 e. The van der Waals surface area contributed by atoms with Crippen molar-refractivity contribution in [1.29, 1.82) is 0 Å². The highest BCUT2D eigenvalue weighted by atomic mass is 19.3. The molecule has 3 aromatic heterocycles. The zero-order valence-corrected chi connectivity index (χ0v) is 23.5. The largest absolute Gasteiger partial charge is 0.296 e. The van der Waals surface area contributed by atoms with E-state index in [1.54, 1.807) is 29.5 Å². The van der Waals surface area contributed by atoms with Gasteiger partial charge in [0, 0.05) is 49.1 Å². The van der Waals surface area contributed by atoms with Gasteiger partial charge in [-0.3, -0.25) is 18.9 Å². The summed E-state index contributed by atoms with van der Waals surface area (Å²) in [4.78, 5) is 22.0. The number of aryl methyl sites for hydroxylation is 1. The highest BCUT2D eigenvalue weighted by molar-refractivity contribution is 5.97. The first-order valence-corrected chi connectivity index (χ1v) is 14.1. The van der Waals surface area contributed by atoms with E-state index in [1.165, 1.54) is 19.3 Å². The van der Waals surface area contributed by atoms with Crippen LogP contribution in [0.5, 0.6) is 0 Å². The van der Waals surface area contributed by atoms with Crippen LogP contribution < -0.4 is 0 Å². The normalized spacial score (nSPS) is 11.8. The van der Waals surface area contributed by atoms with Crippen LogP contribution >= 0.6 is 0 Å². The van der Waals surface area contributed by atoms with Gasteiger partial charge in [-0.15, -0.1) is 0 Å². The van der Waals surface area contributed by atoms with Crippen molar-refractivity contribution in [1.82, 2.24) is 24.1 Å². The molecule has 0 radical (unpaired) electrons. The molecule has 0 amide bonds. The third kappa shape index (κ3) is 6.78. The number of unbranched alkanes of at least 4 members (excludes halogenated alkanes) is 4. The summed E-state index contributed by atoms with van der Waals surface area (Å²) in [5, 5.41) is 4.16. The summed E-state index contributed by atoms with van der Waals surface area (Å²) in [6.07, 6.45) is 11.5. The van der Waals surface area contributed by atoms with E-state index < -0.39 is 6.43 Å². The van der Waals surface area contributed by atoms with Gasteiger partial charge in [0.1, 0.15) is 5.69 Å². The van der Waals surface area contributed by atoms with Crippen LogP contribution in [-0.2, 0) is 19.4 Å². The average Bonchev–Trinajstić information content (AvgIpc) is 3.52. The Kier molecular flexibility index (Phi) is 9.59. The quantitative estimate of drug-likeness (QED) is 0.122. The lowest BCUT2D eigenvalue weighted by Gasteiger charge is -2.11. The SMILES string of the molecule is CCCCCCCC(=O)c1ccc(Cc2nccn3c(-c4cn(CC(C)C)nc4C(F)F)cnc23)cc1CC. The molecule has 0 N–H and O–H groups in total. The molecule has 0 unspecified atom stereocenters. The van der Waals surface area contributed by atoms with Crippen LogP contribution in [0.4, 0.5) is 8.78 Å². The van der Waals surface area contributed by atoms with Crippen LogP contribution in [-0.4, -0.2) is 29.9 Å². The number of fused-ring (bicyclic) bond motifs is 1. The highest BCUT2D eigenvalue weighted by Gasteiger charge is 2.23. The molecule has 0 saturated heterocycles. The number of halogens is 2. The van der Waals surface area contributed by atoms with E-state index in [-0.39, 0.29) is 17.4 Å². The molecule has 8 heteroatoms. The van der Waals surface area contributed by atoms with E-state index in [4.69, 9.17) is 0 Å². The lowest BCUT2D eigenvalue weighted by molar-refractivity contribution is 0.0978. The maximum atomic E-state index is 13.9. The van der Waals surface area contributed by atoms with Crippen LogP contribution in [0, 0.1) is 5.92 Å². The van der Waals surface area contributed by atoms with Crippen molar-refractivity contribution in [3.63, 3.8) is 0 Å². The Bertz CT molecular complexity index is 1410. The van der Waals surface area contributed by atoms with Gasteiger partial charge in [0.05, 0.1) is 17.6 Å². The fourth-order valence-electron chi connectivity index (χ4n) is 5.10. The van der Waals surface area contributed by atoms with Crippen molar-refractivity contribution in [3.8, 4) is 11.3 Å². The third-order valence-corrected chi connectivity index (χ3v) is 7.06. The maximum absolute atomic E-state index is 13.9. The van der Waals surface area contributed by atoms with E-state index in [9.17, 15) is 13.6 Å². The zero-order chi connectivity index (χ0) is 27.9. The molecule has 0 aliphatic rings. The van der Waals surface area contributed by atoms with Gasteiger partial charge in [-0.2, -0.15) is 5.10 Å². The summed E-state index contributed by atoms with van der Waals surface area (Å²) in [6.45, 7) is 8.86. The number of benzene rings is 1. The minimum atomic E-state index is -2.69. The summed E-state index contributed by atoms with van der Waals surface area (Å²) in [7, 11) is 0. The smallest absolute Gasteiger partial charge is 0.282 e.